The number of likely N-dealkylation sites (tertiary alicyclic amines) is 1. The highest BCUT2D eigenvalue weighted by Gasteiger charge is 2.32. The second-order valence-electron chi connectivity index (χ2n) is 6.06. The maximum atomic E-state index is 12.4. The van der Waals surface area contributed by atoms with Gasteiger partial charge in [0.1, 0.15) is 6.26 Å². The van der Waals surface area contributed by atoms with Gasteiger partial charge in [-0.15, -0.1) is 0 Å². The van der Waals surface area contributed by atoms with Gasteiger partial charge < -0.3 is 9.73 Å². The summed E-state index contributed by atoms with van der Waals surface area (Å²) in [6.07, 6.45) is -1.08. The lowest BCUT2D eigenvalue weighted by Gasteiger charge is -2.32. The first kappa shape index (κ1) is 17.0. The number of rotatable bonds is 5. The molecule has 0 aliphatic carbocycles. The molecular formula is C17H20F3N3O. The molecule has 1 N–H and O–H groups in total. The average molecular weight is 339 g/mol. The van der Waals surface area contributed by atoms with Crippen molar-refractivity contribution in [3.05, 3.63) is 42.3 Å². The van der Waals surface area contributed by atoms with Crippen molar-refractivity contribution in [2.45, 2.75) is 31.6 Å². The fourth-order valence-corrected chi connectivity index (χ4v) is 2.90. The van der Waals surface area contributed by atoms with Crippen molar-refractivity contribution in [2.24, 2.45) is 0 Å². The van der Waals surface area contributed by atoms with Crippen LogP contribution in [-0.2, 0) is 6.54 Å². The van der Waals surface area contributed by atoms with Crippen LogP contribution < -0.4 is 5.32 Å². The van der Waals surface area contributed by atoms with E-state index in [0.717, 1.165) is 11.3 Å². The zero-order valence-corrected chi connectivity index (χ0v) is 13.2. The molecule has 0 atom stereocenters. The summed E-state index contributed by atoms with van der Waals surface area (Å²) in [4.78, 5) is 5.90. The van der Waals surface area contributed by atoms with Gasteiger partial charge >= 0.3 is 6.18 Å². The van der Waals surface area contributed by atoms with Crippen LogP contribution in [0.15, 0.2) is 41.0 Å². The van der Waals surface area contributed by atoms with Gasteiger partial charge in [-0.1, -0.05) is 18.2 Å². The fraction of sp³-hybridized carbons (Fsp3) is 0.471. The van der Waals surface area contributed by atoms with Crippen LogP contribution >= 0.6 is 0 Å². The van der Waals surface area contributed by atoms with Crippen molar-refractivity contribution in [3.63, 3.8) is 0 Å². The standard InChI is InChI=1S/C17H20F3N3O/c18-17(19,20)12-23-8-6-14(7-9-23)21-10-15-11-24-16(22-15)13-4-2-1-3-5-13/h1-5,11,14,21H,6-10,12H2. The first-order valence-electron chi connectivity index (χ1n) is 8.02. The maximum absolute atomic E-state index is 12.4. The number of halogens is 3. The number of benzene rings is 1. The van der Waals surface area contributed by atoms with Crippen LogP contribution in [0.2, 0.25) is 0 Å². The van der Waals surface area contributed by atoms with Crippen molar-refractivity contribution >= 4 is 0 Å². The Hall–Kier alpha value is -1.86. The molecule has 0 unspecified atom stereocenters. The summed E-state index contributed by atoms with van der Waals surface area (Å²) in [7, 11) is 0. The summed E-state index contributed by atoms with van der Waals surface area (Å²) in [5.74, 6) is 0.576. The van der Waals surface area contributed by atoms with E-state index in [9.17, 15) is 13.2 Å². The zero-order valence-electron chi connectivity index (χ0n) is 13.2. The molecule has 0 spiro atoms. The Bertz CT molecular complexity index is 634. The molecule has 2 heterocycles. The highest BCUT2D eigenvalue weighted by atomic mass is 19.4. The smallest absolute Gasteiger partial charge is 0.401 e. The Morgan fingerprint density at radius 1 is 1.17 bits per heavy atom. The van der Waals surface area contributed by atoms with Gasteiger partial charge in [-0.3, -0.25) is 4.90 Å². The third kappa shape index (κ3) is 4.82. The summed E-state index contributed by atoms with van der Waals surface area (Å²) in [5.41, 5.74) is 1.72. The van der Waals surface area contributed by atoms with E-state index in [4.69, 9.17) is 4.42 Å². The Kier molecular flexibility index (Phi) is 5.20. The second kappa shape index (κ2) is 7.36. The molecule has 4 nitrogen and oxygen atoms in total. The average Bonchev–Trinajstić information content (AvgIpc) is 3.03. The van der Waals surface area contributed by atoms with Crippen molar-refractivity contribution in [2.75, 3.05) is 19.6 Å². The maximum Gasteiger partial charge on any atom is 0.401 e. The van der Waals surface area contributed by atoms with Crippen LogP contribution in [0.25, 0.3) is 11.5 Å². The van der Waals surface area contributed by atoms with E-state index in [1.54, 1.807) is 6.26 Å². The molecule has 1 fully saturated rings. The topological polar surface area (TPSA) is 41.3 Å². The molecule has 0 radical (unpaired) electrons. The lowest BCUT2D eigenvalue weighted by molar-refractivity contribution is -0.148. The summed E-state index contributed by atoms with van der Waals surface area (Å²) in [6.45, 7) is 0.667. The number of aromatic nitrogens is 1. The SMILES string of the molecule is FC(F)(F)CN1CCC(NCc2coc(-c3ccccc3)n2)CC1. The Labute approximate surface area is 138 Å². The number of hydrogen-bond donors (Lipinski definition) is 1. The van der Waals surface area contributed by atoms with Crippen LogP contribution in [-0.4, -0.2) is 41.7 Å². The molecule has 1 aromatic carbocycles. The minimum Gasteiger partial charge on any atom is -0.444 e. The highest BCUT2D eigenvalue weighted by molar-refractivity contribution is 5.52. The third-order valence-corrected chi connectivity index (χ3v) is 4.13. The highest BCUT2D eigenvalue weighted by Crippen LogP contribution is 2.21. The molecule has 0 bridgehead atoms. The summed E-state index contributed by atoms with van der Waals surface area (Å²) >= 11 is 0. The zero-order chi connectivity index (χ0) is 17.0. The fourth-order valence-electron chi connectivity index (χ4n) is 2.90. The van der Waals surface area contributed by atoms with Gasteiger partial charge in [-0.05, 0) is 38.1 Å². The lowest BCUT2D eigenvalue weighted by Crippen LogP contribution is -2.45. The molecule has 0 amide bonds. The minimum atomic E-state index is -4.12. The predicted molar refractivity (Wildman–Crippen MR) is 84.3 cm³/mol. The molecule has 0 saturated carbocycles. The van der Waals surface area contributed by atoms with Gasteiger partial charge in [0.2, 0.25) is 5.89 Å². The molecule has 130 valence electrons. The summed E-state index contributed by atoms with van der Waals surface area (Å²) < 4.78 is 42.6. The first-order chi connectivity index (χ1) is 11.5. The van der Waals surface area contributed by atoms with E-state index >= 15 is 0 Å². The van der Waals surface area contributed by atoms with Gasteiger partial charge in [-0.2, -0.15) is 13.2 Å². The number of nitrogens with zero attached hydrogens (tertiary/aromatic N) is 2. The lowest BCUT2D eigenvalue weighted by atomic mass is 10.1. The molecular weight excluding hydrogens is 319 g/mol. The van der Waals surface area contributed by atoms with E-state index in [-0.39, 0.29) is 6.04 Å². The van der Waals surface area contributed by atoms with Crippen LogP contribution in [0, 0.1) is 0 Å². The van der Waals surface area contributed by atoms with Gasteiger partial charge in [-0.25, -0.2) is 4.98 Å². The number of oxazole rings is 1. The predicted octanol–water partition coefficient (Wildman–Crippen LogP) is 3.46. The Morgan fingerprint density at radius 2 is 1.88 bits per heavy atom. The van der Waals surface area contributed by atoms with E-state index in [1.165, 1.54) is 4.90 Å². The van der Waals surface area contributed by atoms with E-state index in [1.807, 2.05) is 30.3 Å². The van der Waals surface area contributed by atoms with Gasteiger partial charge in [0.15, 0.2) is 0 Å². The quantitative estimate of drug-likeness (QED) is 0.906. The van der Waals surface area contributed by atoms with Gasteiger partial charge in [0.05, 0.1) is 12.2 Å². The summed E-state index contributed by atoms with van der Waals surface area (Å²) in [5, 5.41) is 3.36. The number of nitrogens with one attached hydrogen (secondary N) is 1. The summed E-state index contributed by atoms with van der Waals surface area (Å²) in [6, 6.07) is 9.85. The first-order valence-corrected chi connectivity index (χ1v) is 8.02. The third-order valence-electron chi connectivity index (χ3n) is 4.13. The van der Waals surface area contributed by atoms with Crippen molar-refractivity contribution in [3.8, 4) is 11.5 Å². The van der Waals surface area contributed by atoms with Crippen LogP contribution in [0.5, 0.6) is 0 Å². The molecule has 1 aliphatic heterocycles. The second-order valence-corrected chi connectivity index (χ2v) is 6.06. The largest absolute Gasteiger partial charge is 0.444 e. The molecule has 2 aromatic rings. The van der Waals surface area contributed by atoms with Gasteiger partial charge in [0.25, 0.3) is 0 Å². The Balaban J connectivity index is 1.45. The van der Waals surface area contributed by atoms with Crippen molar-refractivity contribution in [1.82, 2.24) is 15.2 Å². The van der Waals surface area contributed by atoms with Crippen molar-refractivity contribution < 1.29 is 17.6 Å². The monoisotopic (exact) mass is 339 g/mol. The Morgan fingerprint density at radius 3 is 2.54 bits per heavy atom. The van der Waals surface area contributed by atoms with Gasteiger partial charge in [0, 0.05) is 18.2 Å². The van der Waals surface area contributed by atoms with E-state index < -0.39 is 12.7 Å². The molecule has 7 heteroatoms. The van der Waals surface area contributed by atoms with Crippen LogP contribution in [0.1, 0.15) is 18.5 Å². The van der Waals surface area contributed by atoms with E-state index in [0.29, 0.717) is 38.4 Å². The molecule has 3 rings (SSSR count). The minimum absolute atomic E-state index is 0.214. The molecule has 1 saturated heterocycles. The molecule has 24 heavy (non-hydrogen) atoms. The van der Waals surface area contributed by atoms with Crippen LogP contribution in [0.3, 0.4) is 0 Å². The van der Waals surface area contributed by atoms with Crippen molar-refractivity contribution in [1.29, 1.82) is 0 Å². The normalized spacial score (nSPS) is 17.3. The van der Waals surface area contributed by atoms with E-state index in [2.05, 4.69) is 10.3 Å². The number of piperidine rings is 1. The number of alkyl halides is 3. The number of hydrogen-bond acceptors (Lipinski definition) is 4. The molecule has 1 aliphatic rings. The van der Waals surface area contributed by atoms with Crippen LogP contribution in [0.4, 0.5) is 13.2 Å². The molecule has 1 aromatic heterocycles.